The Bertz CT molecular complexity index is 825. The van der Waals surface area contributed by atoms with E-state index in [1.807, 2.05) is 45.0 Å². The number of nitrogens with zero attached hydrogens (tertiary/aromatic N) is 1. The van der Waals surface area contributed by atoms with Crippen LogP contribution in [-0.4, -0.2) is 23.8 Å². The third-order valence-corrected chi connectivity index (χ3v) is 5.26. The molecule has 2 aromatic rings. The first-order valence-corrected chi connectivity index (χ1v) is 10.9. The Balaban J connectivity index is 1.63. The first-order valence-electron chi connectivity index (χ1n) is 10.9. The second-order valence-corrected chi connectivity index (χ2v) is 8.91. The van der Waals surface area contributed by atoms with E-state index in [-0.39, 0.29) is 5.97 Å². The fourth-order valence-corrected chi connectivity index (χ4v) is 3.78. The van der Waals surface area contributed by atoms with Crippen LogP contribution in [-0.2, 0) is 11.2 Å². The van der Waals surface area contributed by atoms with Gasteiger partial charge in [-0.2, -0.15) is 0 Å². The van der Waals surface area contributed by atoms with Crippen LogP contribution in [0.4, 0.5) is 0 Å². The van der Waals surface area contributed by atoms with Gasteiger partial charge in [-0.05, 0) is 75.4 Å². The van der Waals surface area contributed by atoms with E-state index in [1.165, 1.54) is 37.7 Å². The molecule has 0 bridgehead atoms. The van der Waals surface area contributed by atoms with Gasteiger partial charge >= 0.3 is 5.97 Å². The lowest BCUT2D eigenvalue weighted by Crippen LogP contribution is -2.24. The minimum absolute atomic E-state index is 0.281. The molecule has 0 aromatic heterocycles. The van der Waals surface area contributed by atoms with Crippen LogP contribution in [0.25, 0.3) is 11.1 Å². The van der Waals surface area contributed by atoms with Gasteiger partial charge in [0.25, 0.3) is 0 Å². The lowest BCUT2D eigenvalue weighted by molar-refractivity contribution is 0.00704. The fraction of sp³-hybridized carbons (Fsp3) is 0.462. The van der Waals surface area contributed by atoms with Gasteiger partial charge in [0, 0.05) is 6.04 Å². The number of ether oxygens (including phenoxy) is 1. The van der Waals surface area contributed by atoms with Gasteiger partial charge in [-0.3, -0.25) is 4.99 Å². The summed E-state index contributed by atoms with van der Waals surface area (Å²) >= 11 is 0. The largest absolute Gasteiger partial charge is 0.456 e. The summed E-state index contributed by atoms with van der Waals surface area (Å²) in [6, 6.07) is 16.7. The van der Waals surface area contributed by atoms with Crippen LogP contribution in [0.3, 0.4) is 0 Å². The molecule has 1 aliphatic carbocycles. The average Bonchev–Trinajstić information content (AvgIpc) is 2.71. The monoisotopic (exact) mass is 391 g/mol. The van der Waals surface area contributed by atoms with Crippen LogP contribution < -0.4 is 0 Å². The Kier molecular flexibility index (Phi) is 7.24. The Hall–Kier alpha value is -2.42. The Morgan fingerprint density at radius 3 is 2.41 bits per heavy atom. The number of carbonyl (C=O) groups is 1. The highest BCUT2D eigenvalue weighted by Gasteiger charge is 2.20. The summed E-state index contributed by atoms with van der Waals surface area (Å²) in [6.07, 6.45) is 10.6. The molecule has 1 saturated carbocycles. The summed E-state index contributed by atoms with van der Waals surface area (Å²) in [6.45, 7) is 5.67. The van der Waals surface area contributed by atoms with Crippen molar-refractivity contribution in [3.05, 3.63) is 59.7 Å². The molecule has 3 nitrogen and oxygen atoms in total. The smallest absolute Gasteiger partial charge is 0.339 e. The van der Waals surface area contributed by atoms with Crippen molar-refractivity contribution in [3.63, 3.8) is 0 Å². The van der Waals surface area contributed by atoms with Crippen molar-refractivity contribution in [2.45, 2.75) is 77.4 Å². The SMILES string of the molecule is CC(C)(C)OC(=O)c1ccccc1-c1ccc(CCC=NC2CCCCC2)cc1. The first-order chi connectivity index (χ1) is 13.9. The van der Waals surface area contributed by atoms with Crippen molar-refractivity contribution in [3.8, 4) is 11.1 Å². The van der Waals surface area contributed by atoms with Gasteiger partial charge in [0.05, 0.1) is 5.56 Å². The predicted octanol–water partition coefficient (Wildman–Crippen LogP) is 6.65. The summed E-state index contributed by atoms with van der Waals surface area (Å²) in [4.78, 5) is 17.3. The van der Waals surface area contributed by atoms with E-state index in [0.29, 0.717) is 11.6 Å². The van der Waals surface area contributed by atoms with Crippen molar-refractivity contribution in [1.82, 2.24) is 0 Å². The number of hydrogen-bond donors (Lipinski definition) is 0. The Morgan fingerprint density at radius 1 is 1.03 bits per heavy atom. The molecule has 0 N–H and O–H groups in total. The van der Waals surface area contributed by atoms with E-state index < -0.39 is 5.60 Å². The van der Waals surface area contributed by atoms with Gasteiger partial charge in [0.2, 0.25) is 0 Å². The average molecular weight is 392 g/mol. The highest BCUT2D eigenvalue weighted by atomic mass is 16.6. The van der Waals surface area contributed by atoms with Crippen LogP contribution in [0.5, 0.6) is 0 Å². The third-order valence-electron chi connectivity index (χ3n) is 5.26. The number of benzene rings is 2. The molecule has 154 valence electrons. The van der Waals surface area contributed by atoms with Crippen LogP contribution in [0.2, 0.25) is 0 Å². The maximum Gasteiger partial charge on any atom is 0.339 e. The molecule has 0 aliphatic heterocycles. The Morgan fingerprint density at radius 2 is 1.72 bits per heavy atom. The van der Waals surface area contributed by atoms with E-state index >= 15 is 0 Å². The number of hydrogen-bond acceptors (Lipinski definition) is 3. The summed E-state index contributed by atoms with van der Waals surface area (Å²) < 4.78 is 5.57. The van der Waals surface area contributed by atoms with Crippen LogP contribution in [0.1, 0.15) is 75.2 Å². The molecule has 0 heterocycles. The molecule has 2 aromatic carbocycles. The second-order valence-electron chi connectivity index (χ2n) is 8.91. The molecule has 0 unspecified atom stereocenters. The number of carbonyl (C=O) groups excluding carboxylic acids is 1. The number of rotatable bonds is 6. The molecule has 0 spiro atoms. The summed E-state index contributed by atoms with van der Waals surface area (Å²) in [7, 11) is 0. The maximum absolute atomic E-state index is 12.6. The number of aliphatic imine (C=N–C) groups is 1. The van der Waals surface area contributed by atoms with E-state index in [9.17, 15) is 4.79 Å². The zero-order chi connectivity index (χ0) is 20.7. The first kappa shape index (κ1) is 21.3. The quantitative estimate of drug-likeness (QED) is 0.409. The highest BCUT2D eigenvalue weighted by Crippen LogP contribution is 2.26. The molecule has 0 amide bonds. The van der Waals surface area contributed by atoms with Gasteiger partial charge in [-0.15, -0.1) is 0 Å². The predicted molar refractivity (Wildman–Crippen MR) is 121 cm³/mol. The molecule has 0 saturated heterocycles. The Labute approximate surface area is 175 Å². The molecule has 0 radical (unpaired) electrons. The fourth-order valence-electron chi connectivity index (χ4n) is 3.78. The molecule has 1 aliphatic rings. The van der Waals surface area contributed by atoms with Crippen molar-refractivity contribution in [2.75, 3.05) is 0 Å². The van der Waals surface area contributed by atoms with Crippen LogP contribution in [0.15, 0.2) is 53.5 Å². The summed E-state index contributed by atoms with van der Waals surface area (Å²) in [5.41, 5.74) is 3.33. The molecule has 29 heavy (non-hydrogen) atoms. The molecule has 3 rings (SSSR count). The van der Waals surface area contributed by atoms with Gasteiger partial charge < -0.3 is 4.74 Å². The minimum Gasteiger partial charge on any atom is -0.456 e. The van der Waals surface area contributed by atoms with E-state index in [4.69, 9.17) is 9.73 Å². The lowest BCUT2D eigenvalue weighted by atomic mass is 9.96. The van der Waals surface area contributed by atoms with E-state index in [1.54, 1.807) is 0 Å². The zero-order valence-electron chi connectivity index (χ0n) is 18.0. The lowest BCUT2D eigenvalue weighted by Gasteiger charge is -2.20. The van der Waals surface area contributed by atoms with Gasteiger partial charge in [-0.1, -0.05) is 61.7 Å². The van der Waals surface area contributed by atoms with E-state index in [2.05, 4.69) is 30.5 Å². The van der Waals surface area contributed by atoms with Gasteiger partial charge in [0.15, 0.2) is 0 Å². The topological polar surface area (TPSA) is 38.7 Å². The van der Waals surface area contributed by atoms with Crippen LogP contribution in [0, 0.1) is 0 Å². The number of aryl methyl sites for hydroxylation is 1. The third kappa shape index (κ3) is 6.56. The summed E-state index contributed by atoms with van der Waals surface area (Å²) in [5.74, 6) is -0.281. The molecular formula is C26H33NO2. The van der Waals surface area contributed by atoms with Crippen molar-refractivity contribution in [1.29, 1.82) is 0 Å². The minimum atomic E-state index is -0.507. The molecular weight excluding hydrogens is 358 g/mol. The molecule has 0 atom stereocenters. The van der Waals surface area contributed by atoms with Gasteiger partial charge in [-0.25, -0.2) is 4.79 Å². The normalized spacial score (nSPS) is 15.6. The molecule has 1 fully saturated rings. The van der Waals surface area contributed by atoms with Crippen molar-refractivity contribution in [2.24, 2.45) is 4.99 Å². The van der Waals surface area contributed by atoms with Crippen molar-refractivity contribution < 1.29 is 9.53 Å². The highest BCUT2D eigenvalue weighted by molar-refractivity contribution is 5.97. The zero-order valence-corrected chi connectivity index (χ0v) is 18.0. The number of esters is 1. The maximum atomic E-state index is 12.6. The summed E-state index contributed by atoms with van der Waals surface area (Å²) in [5, 5.41) is 0. The molecule has 3 heteroatoms. The van der Waals surface area contributed by atoms with E-state index in [0.717, 1.165) is 24.0 Å². The van der Waals surface area contributed by atoms with Crippen molar-refractivity contribution >= 4 is 12.2 Å². The van der Waals surface area contributed by atoms with Crippen LogP contribution >= 0.6 is 0 Å². The second kappa shape index (κ2) is 9.87. The van der Waals surface area contributed by atoms with Gasteiger partial charge in [0.1, 0.15) is 5.60 Å². The standard InChI is InChI=1S/C26H33NO2/c1-26(2,3)29-25(28)24-14-8-7-13-23(24)21-17-15-20(16-18-21)10-9-19-27-22-11-5-4-6-12-22/h7-8,13-19,22H,4-6,9-12H2,1-3H3.